The Hall–Kier alpha value is -0.380. The van der Waals surface area contributed by atoms with Crippen molar-refractivity contribution in [3.8, 4) is 0 Å². The molecule has 0 aliphatic carbocycles. The zero-order valence-corrected chi connectivity index (χ0v) is 9.09. The van der Waals surface area contributed by atoms with Crippen LogP contribution in [0.5, 0.6) is 0 Å². The molecule has 0 aromatic heterocycles. The van der Waals surface area contributed by atoms with Crippen LogP contribution in [0.1, 0.15) is 12.0 Å². The molecule has 2 nitrogen and oxygen atoms in total. The molecule has 0 bridgehead atoms. The van der Waals surface area contributed by atoms with E-state index < -0.39 is 0 Å². The molecule has 0 radical (unpaired) electrons. The van der Waals surface area contributed by atoms with E-state index >= 15 is 0 Å². The predicted octanol–water partition coefficient (Wildman–Crippen LogP) is 2.49. The largest absolute Gasteiger partial charge is 0.297 e. The molecule has 1 rings (SSSR count). The van der Waals surface area contributed by atoms with Gasteiger partial charge in [0.2, 0.25) is 0 Å². The van der Waals surface area contributed by atoms with Crippen LogP contribution < -0.4 is 5.48 Å². The minimum Gasteiger partial charge on any atom is -0.297 e. The first kappa shape index (κ1) is 10.7. The lowest BCUT2D eigenvalue weighted by atomic mass is 10.2. The second kappa shape index (κ2) is 7.06. The molecule has 0 saturated heterocycles. The minimum atomic E-state index is 0.628. The number of rotatable bonds is 6. The number of halogens is 1. The maximum atomic E-state index is 5.25. The fourth-order valence-corrected chi connectivity index (χ4v) is 1.20. The molecule has 0 aliphatic rings. The van der Waals surface area contributed by atoms with Crippen LogP contribution in [-0.2, 0) is 11.4 Å². The molecule has 0 unspecified atom stereocenters. The Balaban J connectivity index is 2.07. The summed E-state index contributed by atoms with van der Waals surface area (Å²) >= 11 is 3.35. The second-order valence-electron chi connectivity index (χ2n) is 2.71. The Kier molecular flexibility index (Phi) is 5.81. The molecule has 3 heteroatoms. The number of hydrogen-bond donors (Lipinski definition) is 1. The second-order valence-corrected chi connectivity index (χ2v) is 3.50. The van der Waals surface area contributed by atoms with Gasteiger partial charge in [-0.1, -0.05) is 46.3 Å². The van der Waals surface area contributed by atoms with E-state index in [2.05, 4.69) is 21.4 Å². The summed E-state index contributed by atoms with van der Waals surface area (Å²) in [5, 5.41) is 1.01. The van der Waals surface area contributed by atoms with Crippen LogP contribution in [0.2, 0.25) is 0 Å². The first-order valence-corrected chi connectivity index (χ1v) is 5.50. The van der Waals surface area contributed by atoms with Crippen molar-refractivity contribution >= 4 is 15.9 Å². The molecule has 1 N–H and O–H groups in total. The Morgan fingerprint density at radius 3 is 2.69 bits per heavy atom. The van der Waals surface area contributed by atoms with Gasteiger partial charge in [-0.3, -0.25) is 4.84 Å². The van der Waals surface area contributed by atoms with Gasteiger partial charge in [-0.15, -0.1) is 0 Å². The van der Waals surface area contributed by atoms with E-state index in [1.54, 1.807) is 0 Å². The minimum absolute atomic E-state index is 0.628. The number of alkyl halides is 1. The number of hydroxylamine groups is 1. The van der Waals surface area contributed by atoms with Crippen molar-refractivity contribution in [2.75, 3.05) is 11.9 Å². The highest BCUT2D eigenvalue weighted by atomic mass is 79.9. The Bertz CT molecular complexity index is 215. The molecular weight excluding hydrogens is 230 g/mol. The quantitative estimate of drug-likeness (QED) is 0.471. The van der Waals surface area contributed by atoms with Gasteiger partial charge in [-0.25, -0.2) is 5.48 Å². The van der Waals surface area contributed by atoms with E-state index in [4.69, 9.17) is 4.84 Å². The van der Waals surface area contributed by atoms with Crippen LogP contribution >= 0.6 is 15.9 Å². The third kappa shape index (κ3) is 5.03. The fraction of sp³-hybridized carbons (Fsp3) is 0.400. The van der Waals surface area contributed by atoms with Crippen LogP contribution in [0, 0.1) is 0 Å². The summed E-state index contributed by atoms with van der Waals surface area (Å²) in [6, 6.07) is 10.1. The summed E-state index contributed by atoms with van der Waals surface area (Å²) in [7, 11) is 0. The molecule has 1 aromatic carbocycles. The van der Waals surface area contributed by atoms with Gasteiger partial charge in [-0.05, 0) is 12.0 Å². The zero-order chi connectivity index (χ0) is 9.36. The van der Waals surface area contributed by atoms with Crippen molar-refractivity contribution in [1.29, 1.82) is 0 Å². The van der Waals surface area contributed by atoms with Gasteiger partial charge in [0, 0.05) is 11.9 Å². The van der Waals surface area contributed by atoms with E-state index in [0.717, 1.165) is 18.3 Å². The van der Waals surface area contributed by atoms with Gasteiger partial charge < -0.3 is 0 Å². The third-order valence-electron chi connectivity index (χ3n) is 1.60. The highest BCUT2D eigenvalue weighted by Gasteiger charge is 1.90. The normalized spacial score (nSPS) is 10.2. The van der Waals surface area contributed by atoms with Gasteiger partial charge in [0.1, 0.15) is 0 Å². The molecule has 0 fully saturated rings. The molecule has 0 atom stereocenters. The lowest BCUT2D eigenvalue weighted by Crippen LogP contribution is -2.15. The number of benzene rings is 1. The van der Waals surface area contributed by atoms with E-state index in [-0.39, 0.29) is 0 Å². The molecule has 0 spiro atoms. The van der Waals surface area contributed by atoms with Crippen LogP contribution in [0.25, 0.3) is 0 Å². The number of nitrogens with one attached hydrogen (secondary N) is 1. The van der Waals surface area contributed by atoms with Crippen LogP contribution in [0.15, 0.2) is 30.3 Å². The molecule has 0 saturated carbocycles. The maximum Gasteiger partial charge on any atom is 0.0933 e. The number of hydrogen-bond acceptors (Lipinski definition) is 2. The van der Waals surface area contributed by atoms with Crippen LogP contribution in [0.3, 0.4) is 0 Å². The summed E-state index contributed by atoms with van der Waals surface area (Å²) < 4.78 is 0. The lowest BCUT2D eigenvalue weighted by Gasteiger charge is -2.04. The summed E-state index contributed by atoms with van der Waals surface area (Å²) in [5.41, 5.74) is 4.09. The van der Waals surface area contributed by atoms with E-state index in [1.165, 1.54) is 5.56 Å². The molecule has 0 heterocycles. The monoisotopic (exact) mass is 243 g/mol. The van der Waals surface area contributed by atoms with Crippen molar-refractivity contribution in [3.05, 3.63) is 35.9 Å². The summed E-state index contributed by atoms with van der Waals surface area (Å²) in [6.45, 7) is 1.52. The van der Waals surface area contributed by atoms with Crippen molar-refractivity contribution in [1.82, 2.24) is 5.48 Å². The molecule has 1 aromatic rings. The van der Waals surface area contributed by atoms with Gasteiger partial charge in [0.05, 0.1) is 6.61 Å². The molecule has 72 valence electrons. The topological polar surface area (TPSA) is 21.3 Å². The summed E-state index contributed by atoms with van der Waals surface area (Å²) in [5.74, 6) is 0. The van der Waals surface area contributed by atoms with Crippen molar-refractivity contribution in [3.63, 3.8) is 0 Å². The van der Waals surface area contributed by atoms with Crippen molar-refractivity contribution in [2.45, 2.75) is 13.0 Å². The first-order valence-electron chi connectivity index (χ1n) is 4.38. The molecule has 0 aliphatic heterocycles. The molecule has 13 heavy (non-hydrogen) atoms. The standard InChI is InChI=1S/C10H14BrNO/c11-7-4-8-12-13-9-10-5-2-1-3-6-10/h1-3,5-6,12H,4,7-9H2. The summed E-state index contributed by atoms with van der Waals surface area (Å²) in [6.07, 6.45) is 1.08. The Morgan fingerprint density at radius 2 is 2.00 bits per heavy atom. The van der Waals surface area contributed by atoms with Crippen molar-refractivity contribution < 1.29 is 4.84 Å². The smallest absolute Gasteiger partial charge is 0.0933 e. The van der Waals surface area contributed by atoms with Crippen LogP contribution in [-0.4, -0.2) is 11.9 Å². The molecule has 0 amide bonds. The third-order valence-corrected chi connectivity index (χ3v) is 2.16. The van der Waals surface area contributed by atoms with E-state index in [0.29, 0.717) is 6.61 Å². The predicted molar refractivity (Wildman–Crippen MR) is 57.6 cm³/mol. The van der Waals surface area contributed by atoms with E-state index in [9.17, 15) is 0 Å². The van der Waals surface area contributed by atoms with Gasteiger partial charge in [0.25, 0.3) is 0 Å². The summed E-state index contributed by atoms with van der Waals surface area (Å²) in [4.78, 5) is 5.25. The zero-order valence-electron chi connectivity index (χ0n) is 7.50. The van der Waals surface area contributed by atoms with Gasteiger partial charge >= 0.3 is 0 Å². The van der Waals surface area contributed by atoms with Crippen LogP contribution in [0.4, 0.5) is 0 Å². The van der Waals surface area contributed by atoms with Crippen molar-refractivity contribution in [2.24, 2.45) is 0 Å². The van der Waals surface area contributed by atoms with E-state index in [1.807, 2.05) is 30.3 Å². The van der Waals surface area contributed by atoms with Gasteiger partial charge in [0.15, 0.2) is 0 Å². The lowest BCUT2D eigenvalue weighted by molar-refractivity contribution is 0.0285. The molecular formula is C10H14BrNO. The highest BCUT2D eigenvalue weighted by Crippen LogP contribution is 1.98. The van der Waals surface area contributed by atoms with Gasteiger partial charge in [-0.2, -0.15) is 0 Å². The average molecular weight is 244 g/mol. The Labute approximate surface area is 87.4 Å². The maximum absolute atomic E-state index is 5.25. The average Bonchev–Trinajstić information content (AvgIpc) is 2.19. The Morgan fingerprint density at radius 1 is 1.23 bits per heavy atom. The SMILES string of the molecule is BrCCCNOCc1ccccc1. The fourth-order valence-electron chi connectivity index (χ4n) is 0.920. The first-order chi connectivity index (χ1) is 6.43. The highest BCUT2D eigenvalue weighted by molar-refractivity contribution is 9.09.